The van der Waals surface area contributed by atoms with Gasteiger partial charge in [-0.05, 0) is 31.0 Å². The quantitative estimate of drug-likeness (QED) is 0.937. The van der Waals surface area contributed by atoms with E-state index in [9.17, 15) is 14.3 Å². The summed E-state index contributed by atoms with van der Waals surface area (Å²) in [6.07, 6.45) is 3.70. The highest BCUT2D eigenvalue weighted by Crippen LogP contribution is 2.41. The number of aliphatic carboxylic acids is 1. The Morgan fingerprint density at radius 3 is 2.80 bits per heavy atom. The molecule has 0 unspecified atom stereocenters. The summed E-state index contributed by atoms with van der Waals surface area (Å²) in [5.74, 6) is -0.330. The van der Waals surface area contributed by atoms with Crippen LogP contribution in [-0.2, 0) is 18.3 Å². The van der Waals surface area contributed by atoms with Crippen molar-refractivity contribution in [3.05, 3.63) is 29.8 Å². The summed E-state index contributed by atoms with van der Waals surface area (Å²) in [5.41, 5.74) is 0.717. The molecule has 0 atom stereocenters. The lowest BCUT2D eigenvalue weighted by Gasteiger charge is -2.23. The molecule has 0 radical (unpaired) electrons. The first-order valence-corrected chi connectivity index (χ1v) is 6.86. The van der Waals surface area contributed by atoms with Gasteiger partial charge < -0.3 is 9.67 Å². The van der Waals surface area contributed by atoms with Crippen LogP contribution in [0.3, 0.4) is 0 Å². The molecule has 3 rings (SSSR count). The molecule has 1 aromatic carbocycles. The van der Waals surface area contributed by atoms with Gasteiger partial charge in [0.15, 0.2) is 0 Å². The lowest BCUT2D eigenvalue weighted by molar-refractivity contribution is -0.148. The van der Waals surface area contributed by atoms with Crippen LogP contribution in [0.4, 0.5) is 4.39 Å². The largest absolute Gasteiger partial charge is 0.481 e. The lowest BCUT2D eigenvalue weighted by Crippen LogP contribution is -2.31. The van der Waals surface area contributed by atoms with E-state index in [1.807, 2.05) is 7.05 Å². The van der Waals surface area contributed by atoms with E-state index in [4.69, 9.17) is 0 Å². The number of fused-ring (bicyclic) bond motifs is 1. The molecule has 0 amide bonds. The van der Waals surface area contributed by atoms with E-state index in [0.717, 1.165) is 18.7 Å². The van der Waals surface area contributed by atoms with Crippen LogP contribution < -0.4 is 0 Å². The Morgan fingerprint density at radius 1 is 1.45 bits per heavy atom. The molecule has 2 aromatic rings. The van der Waals surface area contributed by atoms with Gasteiger partial charge in [-0.3, -0.25) is 4.79 Å². The Balaban J connectivity index is 2.02. The Morgan fingerprint density at radius 2 is 2.15 bits per heavy atom. The number of aromatic nitrogens is 2. The number of hydrogen-bond acceptors (Lipinski definition) is 2. The molecular formula is C15H17FN2O2. The topological polar surface area (TPSA) is 55.1 Å². The van der Waals surface area contributed by atoms with Crippen molar-refractivity contribution < 1.29 is 14.3 Å². The second kappa shape index (κ2) is 4.58. The van der Waals surface area contributed by atoms with E-state index in [1.165, 1.54) is 12.1 Å². The molecule has 0 aliphatic heterocycles. The van der Waals surface area contributed by atoms with Crippen molar-refractivity contribution in [1.29, 1.82) is 0 Å². The molecule has 1 saturated carbocycles. The predicted octanol–water partition coefficient (Wildman–Crippen LogP) is 2.90. The highest BCUT2D eigenvalue weighted by Gasteiger charge is 2.42. The molecule has 4 nitrogen and oxygen atoms in total. The monoisotopic (exact) mass is 276 g/mol. The van der Waals surface area contributed by atoms with Crippen molar-refractivity contribution in [1.82, 2.24) is 9.55 Å². The second-order valence-corrected chi connectivity index (χ2v) is 5.69. The first-order valence-electron chi connectivity index (χ1n) is 6.86. The first-order chi connectivity index (χ1) is 9.52. The number of carbonyl (C=O) groups is 1. The molecule has 0 bridgehead atoms. The fourth-order valence-electron chi connectivity index (χ4n) is 3.19. The number of aryl methyl sites for hydroxylation is 1. The average molecular weight is 276 g/mol. The van der Waals surface area contributed by atoms with Crippen LogP contribution in [0.25, 0.3) is 11.0 Å². The molecule has 1 heterocycles. The van der Waals surface area contributed by atoms with Crippen molar-refractivity contribution >= 4 is 17.0 Å². The Labute approximate surface area is 116 Å². The Hall–Kier alpha value is -1.91. The van der Waals surface area contributed by atoms with Gasteiger partial charge >= 0.3 is 5.97 Å². The molecule has 1 aromatic heterocycles. The summed E-state index contributed by atoms with van der Waals surface area (Å²) in [5, 5.41) is 9.54. The maximum Gasteiger partial charge on any atom is 0.310 e. The molecule has 5 heteroatoms. The number of hydrogen-bond donors (Lipinski definition) is 1. The van der Waals surface area contributed by atoms with Gasteiger partial charge in [-0.1, -0.05) is 12.8 Å². The molecular weight excluding hydrogens is 259 g/mol. The van der Waals surface area contributed by atoms with Crippen LogP contribution in [-0.4, -0.2) is 20.6 Å². The van der Waals surface area contributed by atoms with E-state index in [0.29, 0.717) is 30.3 Å². The number of nitrogens with zero attached hydrogens (tertiary/aromatic N) is 2. The Kier molecular flexibility index (Phi) is 3.00. The van der Waals surface area contributed by atoms with Crippen LogP contribution >= 0.6 is 0 Å². The van der Waals surface area contributed by atoms with Crippen LogP contribution in [0.5, 0.6) is 0 Å². The van der Waals surface area contributed by atoms with E-state index in [2.05, 4.69) is 4.98 Å². The normalized spacial score (nSPS) is 17.7. The molecule has 1 aliphatic carbocycles. The smallest absolute Gasteiger partial charge is 0.310 e. The molecule has 106 valence electrons. The van der Waals surface area contributed by atoms with Crippen LogP contribution in [0, 0.1) is 11.2 Å². The summed E-state index contributed by atoms with van der Waals surface area (Å²) in [6, 6.07) is 4.45. The highest BCUT2D eigenvalue weighted by molar-refractivity contribution is 5.77. The zero-order valence-electron chi connectivity index (χ0n) is 11.4. The minimum absolute atomic E-state index is 0.305. The third-order valence-electron chi connectivity index (χ3n) is 4.45. The highest BCUT2D eigenvalue weighted by atomic mass is 19.1. The maximum absolute atomic E-state index is 13.3. The van der Waals surface area contributed by atoms with Gasteiger partial charge in [-0.25, -0.2) is 9.37 Å². The van der Waals surface area contributed by atoms with Gasteiger partial charge in [0.1, 0.15) is 11.6 Å². The number of imidazole rings is 1. The van der Waals surface area contributed by atoms with Crippen molar-refractivity contribution in [3.63, 3.8) is 0 Å². The minimum atomic E-state index is -0.742. The summed E-state index contributed by atoms with van der Waals surface area (Å²) in [4.78, 5) is 16.1. The molecule has 1 fully saturated rings. The fraction of sp³-hybridized carbons (Fsp3) is 0.467. The number of carboxylic acid groups (broad SMARTS) is 1. The van der Waals surface area contributed by atoms with E-state index in [1.54, 1.807) is 10.6 Å². The molecule has 0 saturated heterocycles. The zero-order chi connectivity index (χ0) is 14.3. The van der Waals surface area contributed by atoms with E-state index < -0.39 is 11.4 Å². The summed E-state index contributed by atoms with van der Waals surface area (Å²) < 4.78 is 15.1. The zero-order valence-corrected chi connectivity index (χ0v) is 11.4. The minimum Gasteiger partial charge on any atom is -0.481 e. The molecule has 1 N–H and O–H groups in total. The Bertz CT molecular complexity index is 672. The van der Waals surface area contributed by atoms with Crippen LogP contribution in [0.1, 0.15) is 31.5 Å². The van der Waals surface area contributed by atoms with Gasteiger partial charge in [0.2, 0.25) is 0 Å². The van der Waals surface area contributed by atoms with Crippen molar-refractivity contribution in [3.8, 4) is 0 Å². The standard InChI is InChI=1S/C15H17FN2O2/c1-18-12-8-10(16)4-5-11(12)17-13(18)9-15(14(19)20)6-2-3-7-15/h4-5,8H,2-3,6-7,9H2,1H3,(H,19,20). The molecule has 0 spiro atoms. The predicted molar refractivity (Wildman–Crippen MR) is 72.9 cm³/mol. The van der Waals surface area contributed by atoms with Crippen LogP contribution in [0.15, 0.2) is 18.2 Å². The van der Waals surface area contributed by atoms with Crippen molar-refractivity contribution in [2.24, 2.45) is 12.5 Å². The van der Waals surface area contributed by atoms with Crippen molar-refractivity contribution in [2.45, 2.75) is 32.1 Å². The van der Waals surface area contributed by atoms with Gasteiger partial charge in [-0.2, -0.15) is 0 Å². The van der Waals surface area contributed by atoms with Gasteiger partial charge in [0.25, 0.3) is 0 Å². The van der Waals surface area contributed by atoms with Gasteiger partial charge in [0.05, 0.1) is 16.4 Å². The summed E-state index contributed by atoms with van der Waals surface area (Å²) in [7, 11) is 1.81. The molecule has 1 aliphatic rings. The van der Waals surface area contributed by atoms with E-state index >= 15 is 0 Å². The summed E-state index contributed by atoms with van der Waals surface area (Å²) >= 11 is 0. The van der Waals surface area contributed by atoms with Gasteiger partial charge in [0, 0.05) is 13.5 Å². The number of rotatable bonds is 3. The lowest BCUT2D eigenvalue weighted by atomic mass is 9.82. The van der Waals surface area contributed by atoms with E-state index in [-0.39, 0.29) is 5.82 Å². The van der Waals surface area contributed by atoms with Crippen LogP contribution in [0.2, 0.25) is 0 Å². The van der Waals surface area contributed by atoms with Gasteiger partial charge in [-0.15, -0.1) is 0 Å². The third kappa shape index (κ3) is 1.97. The SMILES string of the molecule is Cn1c(CC2(C(=O)O)CCCC2)nc2ccc(F)cc21. The maximum atomic E-state index is 13.3. The number of carboxylic acids is 1. The second-order valence-electron chi connectivity index (χ2n) is 5.69. The fourth-order valence-corrected chi connectivity index (χ4v) is 3.19. The summed E-state index contributed by atoms with van der Waals surface area (Å²) in [6.45, 7) is 0. The first kappa shape index (κ1) is 13.1. The number of halogens is 1. The van der Waals surface area contributed by atoms with Crippen molar-refractivity contribution in [2.75, 3.05) is 0 Å². The average Bonchev–Trinajstić information content (AvgIpc) is 2.99. The molecule has 20 heavy (non-hydrogen) atoms. The number of benzene rings is 1. The third-order valence-corrected chi connectivity index (χ3v) is 4.45.